The van der Waals surface area contributed by atoms with Gasteiger partial charge in [0.05, 0.1) is 0 Å². The second-order valence-electron chi connectivity index (χ2n) is 4.59. The molecule has 18 heavy (non-hydrogen) atoms. The minimum Gasteiger partial charge on any atom is -0.480 e. The van der Waals surface area contributed by atoms with E-state index >= 15 is 0 Å². The lowest BCUT2D eigenvalue weighted by Gasteiger charge is -2.23. The Morgan fingerprint density at radius 2 is 1.61 bits per heavy atom. The Bertz CT molecular complexity index is 317. The van der Waals surface area contributed by atoms with Crippen LogP contribution in [0.2, 0.25) is 0 Å². The van der Waals surface area contributed by atoms with Crippen molar-refractivity contribution >= 4 is 17.9 Å². The zero-order chi connectivity index (χ0) is 14.3. The van der Waals surface area contributed by atoms with Gasteiger partial charge in [-0.3, -0.25) is 9.59 Å². The molecule has 0 radical (unpaired) electrons. The molecule has 0 fully saturated rings. The number of carbonyl (C=O) groups is 3. The van der Waals surface area contributed by atoms with Crippen molar-refractivity contribution in [3.8, 4) is 0 Å². The molecule has 7 nitrogen and oxygen atoms in total. The number of carbonyl (C=O) groups excluding carboxylic acids is 2. The van der Waals surface area contributed by atoms with E-state index in [2.05, 4.69) is 5.32 Å². The van der Waals surface area contributed by atoms with E-state index < -0.39 is 18.5 Å². The molecule has 0 heterocycles. The van der Waals surface area contributed by atoms with Gasteiger partial charge in [0.2, 0.25) is 5.91 Å². The summed E-state index contributed by atoms with van der Waals surface area (Å²) in [7, 11) is 2.83. The highest BCUT2D eigenvalue weighted by Gasteiger charge is 2.18. The molecule has 2 N–H and O–H groups in total. The third-order valence-corrected chi connectivity index (χ3v) is 2.11. The minimum atomic E-state index is -1.09. The SMILES string of the molecule is CC(C)CNC(=O)CN(C)C(=O)N(C)CC(=O)O. The summed E-state index contributed by atoms with van der Waals surface area (Å²) < 4.78 is 0. The highest BCUT2D eigenvalue weighted by Crippen LogP contribution is 1.94. The van der Waals surface area contributed by atoms with Gasteiger partial charge in [0.15, 0.2) is 0 Å². The zero-order valence-corrected chi connectivity index (χ0v) is 11.3. The highest BCUT2D eigenvalue weighted by molar-refractivity contribution is 5.85. The molecule has 0 saturated heterocycles. The second kappa shape index (κ2) is 7.52. The molecule has 0 aliphatic heterocycles. The van der Waals surface area contributed by atoms with Gasteiger partial charge in [-0.05, 0) is 5.92 Å². The predicted octanol–water partition coefficient (Wildman–Crippen LogP) is -0.173. The first kappa shape index (κ1) is 16.2. The van der Waals surface area contributed by atoms with Crippen LogP contribution in [0.4, 0.5) is 4.79 Å². The number of aliphatic carboxylic acids is 1. The average molecular weight is 259 g/mol. The number of urea groups is 1. The Morgan fingerprint density at radius 3 is 2.06 bits per heavy atom. The summed E-state index contributed by atoms with van der Waals surface area (Å²) in [5.41, 5.74) is 0. The molecule has 0 saturated carbocycles. The molecule has 0 rings (SSSR count). The second-order valence-corrected chi connectivity index (χ2v) is 4.59. The first-order chi connectivity index (χ1) is 8.23. The molecular formula is C11H21N3O4. The maximum absolute atomic E-state index is 11.7. The number of carboxylic acids is 1. The van der Waals surface area contributed by atoms with Crippen molar-refractivity contribution in [2.24, 2.45) is 5.92 Å². The lowest BCUT2D eigenvalue weighted by atomic mass is 10.2. The van der Waals surface area contributed by atoms with Crippen molar-refractivity contribution in [3.05, 3.63) is 0 Å². The minimum absolute atomic E-state index is 0.0878. The van der Waals surface area contributed by atoms with Crippen LogP contribution < -0.4 is 5.32 Å². The van der Waals surface area contributed by atoms with Gasteiger partial charge in [0.1, 0.15) is 13.1 Å². The maximum Gasteiger partial charge on any atom is 0.323 e. The molecule has 0 aromatic heterocycles. The molecule has 0 unspecified atom stereocenters. The molecule has 0 aromatic carbocycles. The van der Waals surface area contributed by atoms with Crippen LogP contribution >= 0.6 is 0 Å². The third-order valence-electron chi connectivity index (χ3n) is 2.11. The van der Waals surface area contributed by atoms with Gasteiger partial charge in [-0.2, -0.15) is 0 Å². The standard InChI is InChI=1S/C11H21N3O4/c1-8(2)5-12-9(15)6-13(3)11(18)14(4)7-10(16)17/h8H,5-7H2,1-4H3,(H,12,15)(H,16,17). The molecular weight excluding hydrogens is 238 g/mol. The number of hydrogen-bond acceptors (Lipinski definition) is 3. The molecule has 7 heteroatoms. The van der Waals surface area contributed by atoms with Crippen LogP contribution in [0, 0.1) is 5.92 Å². The van der Waals surface area contributed by atoms with E-state index in [4.69, 9.17) is 5.11 Å². The van der Waals surface area contributed by atoms with E-state index in [0.717, 1.165) is 4.90 Å². The summed E-state index contributed by atoms with van der Waals surface area (Å²) >= 11 is 0. The van der Waals surface area contributed by atoms with Crippen molar-refractivity contribution in [1.29, 1.82) is 0 Å². The van der Waals surface area contributed by atoms with E-state index in [1.54, 1.807) is 0 Å². The van der Waals surface area contributed by atoms with Crippen LogP contribution in [-0.2, 0) is 9.59 Å². The van der Waals surface area contributed by atoms with E-state index in [-0.39, 0.29) is 12.5 Å². The van der Waals surface area contributed by atoms with E-state index in [1.165, 1.54) is 19.0 Å². The van der Waals surface area contributed by atoms with Gasteiger partial charge in [0.25, 0.3) is 0 Å². The molecule has 0 aliphatic carbocycles. The number of rotatable bonds is 6. The summed E-state index contributed by atoms with van der Waals surface area (Å²) in [5.74, 6) is -1.02. The fourth-order valence-corrected chi connectivity index (χ4v) is 1.22. The first-order valence-corrected chi connectivity index (χ1v) is 5.68. The summed E-state index contributed by atoms with van der Waals surface area (Å²) in [6.45, 7) is 4.00. The zero-order valence-electron chi connectivity index (χ0n) is 11.3. The molecule has 0 aliphatic rings. The van der Waals surface area contributed by atoms with Crippen molar-refractivity contribution < 1.29 is 19.5 Å². The molecule has 0 spiro atoms. The van der Waals surface area contributed by atoms with Crippen LogP contribution in [-0.4, -0.2) is 66.5 Å². The number of amides is 3. The quantitative estimate of drug-likeness (QED) is 0.693. The Balaban J connectivity index is 4.14. The Labute approximate surface area is 107 Å². The van der Waals surface area contributed by atoms with Crippen LogP contribution in [0.1, 0.15) is 13.8 Å². The topological polar surface area (TPSA) is 90.0 Å². The smallest absolute Gasteiger partial charge is 0.323 e. The predicted molar refractivity (Wildman–Crippen MR) is 66.1 cm³/mol. The van der Waals surface area contributed by atoms with Gasteiger partial charge >= 0.3 is 12.0 Å². The summed E-state index contributed by atoms with van der Waals surface area (Å²) in [4.78, 5) is 35.8. The van der Waals surface area contributed by atoms with E-state index in [9.17, 15) is 14.4 Å². The van der Waals surface area contributed by atoms with Crippen LogP contribution in [0.3, 0.4) is 0 Å². The summed E-state index contributed by atoms with van der Waals surface area (Å²) in [5, 5.41) is 11.2. The summed E-state index contributed by atoms with van der Waals surface area (Å²) in [6, 6.07) is -0.503. The molecule has 3 amide bonds. The van der Waals surface area contributed by atoms with Crippen molar-refractivity contribution in [2.75, 3.05) is 33.7 Å². The third kappa shape index (κ3) is 6.72. The number of likely N-dealkylation sites (N-methyl/N-ethyl adjacent to an activating group) is 2. The first-order valence-electron chi connectivity index (χ1n) is 5.68. The Kier molecular flexibility index (Phi) is 6.77. The highest BCUT2D eigenvalue weighted by atomic mass is 16.4. The Hall–Kier alpha value is -1.79. The van der Waals surface area contributed by atoms with E-state index in [0.29, 0.717) is 12.5 Å². The molecule has 0 aromatic rings. The largest absolute Gasteiger partial charge is 0.480 e. The molecule has 104 valence electrons. The molecule has 0 atom stereocenters. The van der Waals surface area contributed by atoms with Gasteiger partial charge < -0.3 is 20.2 Å². The molecule has 0 bridgehead atoms. The van der Waals surface area contributed by atoms with Gasteiger partial charge in [-0.15, -0.1) is 0 Å². The number of nitrogens with one attached hydrogen (secondary N) is 1. The van der Waals surface area contributed by atoms with Crippen LogP contribution in [0.15, 0.2) is 0 Å². The maximum atomic E-state index is 11.7. The number of hydrogen-bond donors (Lipinski definition) is 2. The lowest BCUT2D eigenvalue weighted by Crippen LogP contribution is -2.45. The van der Waals surface area contributed by atoms with Gasteiger partial charge in [-0.25, -0.2) is 4.79 Å². The van der Waals surface area contributed by atoms with Crippen LogP contribution in [0.25, 0.3) is 0 Å². The van der Waals surface area contributed by atoms with E-state index in [1.807, 2.05) is 13.8 Å². The van der Waals surface area contributed by atoms with Crippen molar-refractivity contribution in [2.45, 2.75) is 13.8 Å². The van der Waals surface area contributed by atoms with Crippen molar-refractivity contribution in [3.63, 3.8) is 0 Å². The monoisotopic (exact) mass is 259 g/mol. The normalized spacial score (nSPS) is 10.1. The fraction of sp³-hybridized carbons (Fsp3) is 0.727. The van der Waals surface area contributed by atoms with Gasteiger partial charge in [-0.1, -0.05) is 13.8 Å². The Morgan fingerprint density at radius 1 is 1.11 bits per heavy atom. The average Bonchev–Trinajstić information content (AvgIpc) is 2.24. The summed E-state index contributed by atoms with van der Waals surface area (Å²) in [6.07, 6.45) is 0. The van der Waals surface area contributed by atoms with Crippen molar-refractivity contribution in [1.82, 2.24) is 15.1 Å². The number of carboxylic acid groups (broad SMARTS) is 1. The number of nitrogens with zero attached hydrogens (tertiary/aromatic N) is 2. The lowest BCUT2D eigenvalue weighted by molar-refractivity contribution is -0.137. The van der Waals surface area contributed by atoms with Gasteiger partial charge in [0, 0.05) is 20.6 Å². The van der Waals surface area contributed by atoms with Crippen LogP contribution in [0.5, 0.6) is 0 Å². The fourth-order valence-electron chi connectivity index (χ4n) is 1.22.